The van der Waals surface area contributed by atoms with Crippen molar-refractivity contribution in [2.75, 3.05) is 11.1 Å². The first-order valence-corrected chi connectivity index (χ1v) is 9.85. The Kier molecular flexibility index (Phi) is 6.66. The van der Waals surface area contributed by atoms with Crippen molar-refractivity contribution in [2.24, 2.45) is 0 Å². The summed E-state index contributed by atoms with van der Waals surface area (Å²) in [7, 11) is 0. The third-order valence-corrected chi connectivity index (χ3v) is 4.83. The third-order valence-electron chi connectivity index (χ3n) is 3.54. The van der Waals surface area contributed by atoms with E-state index in [1.165, 1.54) is 18.2 Å². The number of carbonyl (C=O) groups excluding carboxylic acids is 1. The molecule has 0 fully saturated rings. The van der Waals surface area contributed by atoms with E-state index < -0.39 is 17.8 Å². The van der Waals surface area contributed by atoms with Gasteiger partial charge in [-0.25, -0.2) is 9.97 Å². The first kappa shape index (κ1) is 21.4. The number of benzene rings is 2. The van der Waals surface area contributed by atoms with Gasteiger partial charge in [0.1, 0.15) is 5.69 Å². The molecule has 4 nitrogen and oxygen atoms in total. The average Bonchev–Trinajstić information content (AvgIpc) is 2.65. The van der Waals surface area contributed by atoms with Gasteiger partial charge in [-0.2, -0.15) is 13.2 Å². The van der Waals surface area contributed by atoms with Crippen LogP contribution in [0, 0.1) is 0 Å². The minimum absolute atomic E-state index is 0.123. The van der Waals surface area contributed by atoms with Gasteiger partial charge in [0.25, 0.3) is 0 Å². The number of aromatic nitrogens is 2. The Morgan fingerprint density at radius 2 is 1.66 bits per heavy atom. The van der Waals surface area contributed by atoms with Crippen molar-refractivity contribution >= 4 is 46.6 Å². The van der Waals surface area contributed by atoms with Crippen LogP contribution < -0.4 is 5.32 Å². The number of rotatable bonds is 5. The van der Waals surface area contributed by atoms with Crippen LogP contribution in [0.4, 0.5) is 18.9 Å². The number of alkyl halides is 3. The number of hydrogen-bond donors (Lipinski definition) is 1. The van der Waals surface area contributed by atoms with Crippen LogP contribution in [0.2, 0.25) is 10.0 Å². The van der Waals surface area contributed by atoms with E-state index in [4.69, 9.17) is 23.2 Å². The minimum Gasteiger partial charge on any atom is -0.325 e. The quantitative estimate of drug-likeness (QED) is 0.366. The van der Waals surface area contributed by atoms with Gasteiger partial charge in [0.15, 0.2) is 5.16 Å². The fraction of sp³-hybridized carbons (Fsp3) is 0.105. The van der Waals surface area contributed by atoms with E-state index in [1.807, 2.05) is 0 Å². The molecule has 0 aliphatic heterocycles. The summed E-state index contributed by atoms with van der Waals surface area (Å²) in [5.74, 6) is -0.657. The van der Waals surface area contributed by atoms with Crippen molar-refractivity contribution < 1.29 is 18.0 Å². The first-order valence-electron chi connectivity index (χ1n) is 8.11. The Bertz CT molecular complexity index is 1010. The van der Waals surface area contributed by atoms with Gasteiger partial charge >= 0.3 is 6.18 Å². The van der Waals surface area contributed by atoms with Crippen LogP contribution in [0.15, 0.2) is 59.8 Å². The molecule has 0 saturated carbocycles. The van der Waals surface area contributed by atoms with Gasteiger partial charge in [0.05, 0.1) is 11.4 Å². The van der Waals surface area contributed by atoms with E-state index in [-0.39, 0.29) is 16.6 Å². The summed E-state index contributed by atoms with van der Waals surface area (Å²) >= 11 is 12.5. The zero-order valence-electron chi connectivity index (χ0n) is 14.5. The predicted molar refractivity (Wildman–Crippen MR) is 108 cm³/mol. The highest BCUT2D eigenvalue weighted by atomic mass is 35.5. The molecular formula is C19H12Cl2F3N3OS. The monoisotopic (exact) mass is 457 g/mol. The van der Waals surface area contributed by atoms with Crippen LogP contribution >= 0.6 is 35.0 Å². The lowest BCUT2D eigenvalue weighted by Crippen LogP contribution is -2.15. The molecule has 10 heteroatoms. The smallest absolute Gasteiger partial charge is 0.325 e. The molecule has 2 aromatic carbocycles. The summed E-state index contributed by atoms with van der Waals surface area (Å²) in [4.78, 5) is 19.8. The second-order valence-corrected chi connectivity index (χ2v) is 7.60. The van der Waals surface area contributed by atoms with Crippen LogP contribution in [0.3, 0.4) is 0 Å². The van der Waals surface area contributed by atoms with Gasteiger partial charge in [-0.3, -0.25) is 4.79 Å². The molecule has 0 bridgehead atoms. The molecule has 3 aromatic rings. The van der Waals surface area contributed by atoms with Crippen LogP contribution in [0.5, 0.6) is 0 Å². The average molecular weight is 458 g/mol. The minimum atomic E-state index is -4.64. The summed E-state index contributed by atoms with van der Waals surface area (Å²) in [5.41, 5.74) is -0.0587. The fourth-order valence-electron chi connectivity index (χ4n) is 2.34. The Balaban J connectivity index is 1.78. The first-order chi connectivity index (χ1) is 13.7. The normalized spacial score (nSPS) is 11.3. The molecule has 1 amide bonds. The van der Waals surface area contributed by atoms with Gasteiger partial charge < -0.3 is 5.32 Å². The van der Waals surface area contributed by atoms with Crippen LogP contribution in [0.1, 0.15) is 5.69 Å². The molecule has 1 heterocycles. The van der Waals surface area contributed by atoms with Crippen molar-refractivity contribution in [3.05, 3.63) is 70.3 Å². The summed E-state index contributed by atoms with van der Waals surface area (Å²) < 4.78 is 39.7. The zero-order valence-corrected chi connectivity index (χ0v) is 16.8. The Labute approximate surface area is 178 Å². The standard InChI is InChI=1S/C19H12Cl2F3N3OS/c20-12-6-13(21)8-14(7-12)25-17(28)10-29-18-26-15(11-4-2-1-3-5-11)9-16(27-18)19(22,23)24/h1-9H,10H2,(H,25,28). The van der Waals surface area contributed by atoms with Gasteiger partial charge in [-0.05, 0) is 24.3 Å². The molecule has 29 heavy (non-hydrogen) atoms. The number of thioether (sulfide) groups is 1. The molecule has 0 aliphatic carbocycles. The van der Waals surface area contributed by atoms with E-state index in [9.17, 15) is 18.0 Å². The Hall–Kier alpha value is -2.29. The van der Waals surface area contributed by atoms with Gasteiger partial charge in [0.2, 0.25) is 5.91 Å². The SMILES string of the molecule is O=C(CSc1nc(-c2ccccc2)cc(C(F)(F)F)n1)Nc1cc(Cl)cc(Cl)c1. The molecule has 0 atom stereocenters. The van der Waals surface area contributed by atoms with Gasteiger partial charge in [-0.1, -0.05) is 65.3 Å². The second-order valence-electron chi connectivity index (χ2n) is 5.78. The van der Waals surface area contributed by atoms with E-state index in [0.29, 0.717) is 21.3 Å². The lowest BCUT2D eigenvalue weighted by molar-refractivity contribution is -0.141. The highest BCUT2D eigenvalue weighted by molar-refractivity contribution is 7.99. The summed E-state index contributed by atoms with van der Waals surface area (Å²) in [6.07, 6.45) is -4.64. The number of anilines is 1. The molecule has 3 rings (SSSR count). The van der Waals surface area contributed by atoms with Crippen LogP contribution in [-0.4, -0.2) is 21.6 Å². The van der Waals surface area contributed by atoms with Crippen molar-refractivity contribution in [3.8, 4) is 11.3 Å². The number of nitrogens with one attached hydrogen (secondary N) is 1. The Morgan fingerprint density at radius 3 is 2.28 bits per heavy atom. The number of carbonyl (C=O) groups is 1. The number of hydrogen-bond acceptors (Lipinski definition) is 4. The highest BCUT2D eigenvalue weighted by Crippen LogP contribution is 2.32. The number of halogens is 5. The molecular weight excluding hydrogens is 446 g/mol. The molecule has 1 N–H and O–H groups in total. The lowest BCUT2D eigenvalue weighted by Gasteiger charge is -2.11. The van der Waals surface area contributed by atoms with Crippen molar-refractivity contribution in [1.29, 1.82) is 0 Å². The maximum absolute atomic E-state index is 13.2. The predicted octanol–water partition coefficient (Wildman–Crippen LogP) is 6.20. The maximum Gasteiger partial charge on any atom is 0.433 e. The molecule has 0 aliphatic rings. The summed E-state index contributed by atoms with van der Waals surface area (Å²) in [5, 5.41) is 3.11. The van der Waals surface area contributed by atoms with E-state index in [1.54, 1.807) is 30.3 Å². The molecule has 0 unspecified atom stereocenters. The topological polar surface area (TPSA) is 54.9 Å². The number of amides is 1. The summed E-state index contributed by atoms with van der Waals surface area (Å²) in [6, 6.07) is 13.8. The van der Waals surface area contributed by atoms with E-state index in [0.717, 1.165) is 17.8 Å². The summed E-state index contributed by atoms with van der Waals surface area (Å²) in [6.45, 7) is 0. The maximum atomic E-state index is 13.2. The molecule has 0 spiro atoms. The lowest BCUT2D eigenvalue weighted by atomic mass is 10.1. The van der Waals surface area contributed by atoms with Crippen molar-refractivity contribution in [1.82, 2.24) is 9.97 Å². The van der Waals surface area contributed by atoms with Gasteiger partial charge in [-0.15, -0.1) is 0 Å². The Morgan fingerprint density at radius 1 is 1.00 bits per heavy atom. The van der Waals surface area contributed by atoms with Crippen LogP contribution in [0.25, 0.3) is 11.3 Å². The molecule has 150 valence electrons. The van der Waals surface area contributed by atoms with Crippen molar-refractivity contribution in [3.63, 3.8) is 0 Å². The molecule has 0 saturated heterocycles. The number of nitrogens with zero attached hydrogens (tertiary/aromatic N) is 2. The third kappa shape index (κ3) is 6.09. The van der Waals surface area contributed by atoms with Crippen molar-refractivity contribution in [2.45, 2.75) is 11.3 Å². The van der Waals surface area contributed by atoms with Gasteiger partial charge in [0, 0.05) is 21.3 Å². The fourth-order valence-corrected chi connectivity index (χ4v) is 3.53. The molecule has 0 radical (unpaired) electrons. The zero-order chi connectivity index (χ0) is 21.0. The van der Waals surface area contributed by atoms with Crippen LogP contribution in [-0.2, 0) is 11.0 Å². The second kappa shape index (κ2) is 9.02. The molecule has 1 aromatic heterocycles. The van der Waals surface area contributed by atoms with E-state index in [2.05, 4.69) is 15.3 Å². The van der Waals surface area contributed by atoms with E-state index >= 15 is 0 Å². The highest BCUT2D eigenvalue weighted by Gasteiger charge is 2.34. The largest absolute Gasteiger partial charge is 0.433 e.